The lowest BCUT2D eigenvalue weighted by atomic mass is 10.1. The molecule has 0 saturated carbocycles. The van der Waals surface area contributed by atoms with Crippen LogP contribution in [0.4, 0.5) is 5.69 Å². The Morgan fingerprint density at radius 2 is 1.43 bits per heavy atom. The largest absolute Gasteiger partial charge is 0.322 e. The summed E-state index contributed by atoms with van der Waals surface area (Å²) >= 11 is 6.72. The van der Waals surface area contributed by atoms with Crippen LogP contribution in [0.1, 0.15) is 26.3 Å². The Labute approximate surface area is 179 Å². The predicted molar refractivity (Wildman–Crippen MR) is 118 cm³/mol. The van der Waals surface area contributed by atoms with Crippen molar-refractivity contribution in [2.75, 3.05) is 5.32 Å². The van der Waals surface area contributed by atoms with E-state index in [0.29, 0.717) is 16.8 Å². The highest BCUT2D eigenvalue weighted by Crippen LogP contribution is 2.14. The molecule has 3 aromatic rings. The predicted octanol–water partition coefficient (Wildman–Crippen LogP) is 5.23. The molecule has 140 valence electrons. The van der Waals surface area contributed by atoms with Gasteiger partial charge in [-0.1, -0.05) is 44.0 Å². The van der Waals surface area contributed by atoms with Crippen molar-refractivity contribution in [2.45, 2.75) is 0 Å². The highest BCUT2D eigenvalue weighted by Gasteiger charge is 2.08. The number of hydrogen-bond acceptors (Lipinski definition) is 3. The fraction of sp³-hybridized carbons (Fsp3) is 0. The van der Waals surface area contributed by atoms with Crippen LogP contribution < -0.4 is 10.7 Å². The Bertz CT molecular complexity index is 1020. The van der Waals surface area contributed by atoms with Gasteiger partial charge in [0.2, 0.25) is 0 Å². The number of nitrogens with one attached hydrogen (secondary N) is 2. The summed E-state index contributed by atoms with van der Waals surface area (Å²) in [6, 6.07) is 21.2. The highest BCUT2D eigenvalue weighted by atomic mass is 79.9. The molecule has 0 aromatic heterocycles. The molecule has 5 nitrogen and oxygen atoms in total. The Kier molecular flexibility index (Phi) is 6.73. The van der Waals surface area contributed by atoms with Gasteiger partial charge in [-0.2, -0.15) is 5.10 Å². The maximum Gasteiger partial charge on any atom is 0.271 e. The van der Waals surface area contributed by atoms with Gasteiger partial charge >= 0.3 is 0 Å². The third kappa shape index (κ3) is 5.61. The number of carbonyl (C=O) groups excluding carboxylic acids is 2. The van der Waals surface area contributed by atoms with Crippen molar-refractivity contribution in [2.24, 2.45) is 5.10 Å². The summed E-state index contributed by atoms with van der Waals surface area (Å²) in [7, 11) is 0. The smallest absolute Gasteiger partial charge is 0.271 e. The van der Waals surface area contributed by atoms with Gasteiger partial charge in [-0.05, 0) is 66.2 Å². The molecule has 2 N–H and O–H groups in total. The first-order chi connectivity index (χ1) is 13.5. The number of amides is 2. The minimum absolute atomic E-state index is 0.219. The average Bonchev–Trinajstić information content (AvgIpc) is 2.69. The zero-order valence-electron chi connectivity index (χ0n) is 14.5. The maximum atomic E-state index is 12.2. The molecule has 0 fully saturated rings. The second-order valence-electron chi connectivity index (χ2n) is 5.79. The monoisotopic (exact) mass is 499 g/mol. The molecule has 7 heteroatoms. The SMILES string of the molecule is O=C(N/N=C\c1cccc(Br)c1)c1ccc(NC(=O)c2ccc(Br)cc2)cc1. The number of benzene rings is 3. The summed E-state index contributed by atoms with van der Waals surface area (Å²) < 4.78 is 1.84. The van der Waals surface area contributed by atoms with E-state index in [4.69, 9.17) is 0 Å². The van der Waals surface area contributed by atoms with Gasteiger partial charge in [0, 0.05) is 25.8 Å². The van der Waals surface area contributed by atoms with Gasteiger partial charge in [-0.15, -0.1) is 0 Å². The Morgan fingerprint density at radius 3 is 2.11 bits per heavy atom. The first-order valence-corrected chi connectivity index (χ1v) is 9.86. The van der Waals surface area contributed by atoms with E-state index in [1.807, 2.05) is 24.3 Å². The number of anilines is 1. The number of halogens is 2. The van der Waals surface area contributed by atoms with Crippen molar-refractivity contribution >= 4 is 55.6 Å². The van der Waals surface area contributed by atoms with E-state index in [2.05, 4.69) is 47.7 Å². The third-order valence-electron chi connectivity index (χ3n) is 3.74. The van der Waals surface area contributed by atoms with Gasteiger partial charge in [0.15, 0.2) is 0 Å². The van der Waals surface area contributed by atoms with Crippen molar-refractivity contribution in [1.29, 1.82) is 0 Å². The molecule has 0 atom stereocenters. The van der Waals surface area contributed by atoms with Gasteiger partial charge < -0.3 is 5.32 Å². The molecule has 0 aliphatic carbocycles. The van der Waals surface area contributed by atoms with Crippen molar-refractivity contribution in [3.8, 4) is 0 Å². The van der Waals surface area contributed by atoms with E-state index in [0.717, 1.165) is 14.5 Å². The zero-order valence-corrected chi connectivity index (χ0v) is 17.7. The first kappa shape index (κ1) is 20.0. The summed E-state index contributed by atoms with van der Waals surface area (Å²) in [6.45, 7) is 0. The van der Waals surface area contributed by atoms with Gasteiger partial charge in [0.05, 0.1) is 6.21 Å². The second-order valence-corrected chi connectivity index (χ2v) is 7.62. The lowest BCUT2D eigenvalue weighted by molar-refractivity contribution is 0.0954. The van der Waals surface area contributed by atoms with E-state index >= 15 is 0 Å². The van der Waals surface area contributed by atoms with Crippen molar-refractivity contribution in [1.82, 2.24) is 5.43 Å². The summed E-state index contributed by atoms with van der Waals surface area (Å²) in [5.41, 5.74) is 4.93. The molecule has 3 rings (SSSR count). The Balaban J connectivity index is 1.58. The van der Waals surface area contributed by atoms with Crippen LogP contribution in [-0.4, -0.2) is 18.0 Å². The molecule has 0 aliphatic heterocycles. The van der Waals surface area contributed by atoms with Crippen LogP contribution in [0, 0.1) is 0 Å². The number of carbonyl (C=O) groups is 2. The topological polar surface area (TPSA) is 70.6 Å². The van der Waals surface area contributed by atoms with Crippen LogP contribution in [0.25, 0.3) is 0 Å². The van der Waals surface area contributed by atoms with Crippen LogP contribution in [0.2, 0.25) is 0 Å². The van der Waals surface area contributed by atoms with Crippen LogP contribution in [-0.2, 0) is 0 Å². The minimum atomic E-state index is -0.336. The summed E-state index contributed by atoms with van der Waals surface area (Å²) in [4.78, 5) is 24.4. The van der Waals surface area contributed by atoms with Crippen molar-refractivity contribution in [3.05, 3.63) is 98.4 Å². The lowest BCUT2D eigenvalue weighted by Gasteiger charge is -2.06. The van der Waals surface area contributed by atoms with E-state index in [1.165, 1.54) is 0 Å². The molecular formula is C21H15Br2N3O2. The molecule has 2 amide bonds. The van der Waals surface area contributed by atoms with Crippen LogP contribution in [0.15, 0.2) is 86.8 Å². The highest BCUT2D eigenvalue weighted by molar-refractivity contribution is 9.10. The Hall–Kier alpha value is -2.77. The van der Waals surface area contributed by atoms with Crippen LogP contribution in [0.5, 0.6) is 0 Å². The molecule has 28 heavy (non-hydrogen) atoms. The third-order valence-corrected chi connectivity index (χ3v) is 4.76. The quantitative estimate of drug-likeness (QED) is 0.372. The van der Waals surface area contributed by atoms with Crippen LogP contribution in [0.3, 0.4) is 0 Å². The molecule has 0 radical (unpaired) electrons. The van der Waals surface area contributed by atoms with E-state index < -0.39 is 0 Å². The van der Waals surface area contributed by atoms with E-state index in [1.54, 1.807) is 54.7 Å². The normalized spacial score (nSPS) is 10.6. The Morgan fingerprint density at radius 1 is 0.786 bits per heavy atom. The minimum Gasteiger partial charge on any atom is -0.322 e. The van der Waals surface area contributed by atoms with Gasteiger partial charge in [0.1, 0.15) is 0 Å². The van der Waals surface area contributed by atoms with Crippen LogP contribution >= 0.6 is 31.9 Å². The molecular weight excluding hydrogens is 486 g/mol. The summed E-state index contributed by atoms with van der Waals surface area (Å²) in [5, 5.41) is 6.75. The number of hydrazone groups is 1. The number of hydrogen-bond donors (Lipinski definition) is 2. The molecule has 0 unspecified atom stereocenters. The molecule has 0 heterocycles. The second kappa shape index (κ2) is 9.43. The number of rotatable bonds is 5. The maximum absolute atomic E-state index is 12.2. The molecule has 0 bridgehead atoms. The molecule has 0 spiro atoms. The van der Waals surface area contributed by atoms with Gasteiger partial charge in [0.25, 0.3) is 11.8 Å². The molecule has 0 saturated heterocycles. The van der Waals surface area contributed by atoms with Gasteiger partial charge in [-0.3, -0.25) is 9.59 Å². The van der Waals surface area contributed by atoms with E-state index in [-0.39, 0.29) is 11.8 Å². The summed E-state index contributed by atoms with van der Waals surface area (Å²) in [6.07, 6.45) is 1.56. The zero-order chi connectivity index (χ0) is 19.9. The van der Waals surface area contributed by atoms with E-state index in [9.17, 15) is 9.59 Å². The standard InChI is InChI=1S/C21H15Br2N3O2/c22-17-8-4-15(5-9-17)20(27)25-19-10-6-16(7-11-19)21(28)26-24-13-14-2-1-3-18(23)12-14/h1-13H,(H,25,27)(H,26,28)/b24-13-. The fourth-order valence-electron chi connectivity index (χ4n) is 2.33. The fourth-order valence-corrected chi connectivity index (χ4v) is 3.01. The van der Waals surface area contributed by atoms with Gasteiger partial charge in [-0.25, -0.2) is 5.43 Å². The van der Waals surface area contributed by atoms with Crippen molar-refractivity contribution in [3.63, 3.8) is 0 Å². The number of nitrogens with zero attached hydrogens (tertiary/aromatic N) is 1. The first-order valence-electron chi connectivity index (χ1n) is 8.27. The summed E-state index contributed by atoms with van der Waals surface area (Å²) in [5.74, 6) is -0.555. The molecule has 3 aromatic carbocycles. The average molecular weight is 501 g/mol. The lowest BCUT2D eigenvalue weighted by Crippen LogP contribution is -2.17. The molecule has 0 aliphatic rings. The van der Waals surface area contributed by atoms with Crippen molar-refractivity contribution < 1.29 is 9.59 Å².